The molecule has 1 unspecified atom stereocenters. The highest BCUT2D eigenvalue weighted by Crippen LogP contribution is 2.20. The third-order valence-electron chi connectivity index (χ3n) is 2.34. The van der Waals surface area contributed by atoms with Crippen LogP contribution >= 0.6 is 11.8 Å². The van der Waals surface area contributed by atoms with Crippen LogP contribution in [0.5, 0.6) is 0 Å². The lowest BCUT2D eigenvalue weighted by Gasteiger charge is -2.14. The molecule has 0 fully saturated rings. The van der Waals surface area contributed by atoms with E-state index in [0.29, 0.717) is 5.75 Å². The highest BCUT2D eigenvalue weighted by Gasteiger charge is 2.12. The number of benzene rings is 1. The van der Waals surface area contributed by atoms with Crippen LogP contribution < -0.4 is 5.73 Å². The van der Waals surface area contributed by atoms with E-state index in [2.05, 4.69) is 4.90 Å². The Morgan fingerprint density at radius 2 is 2.06 bits per heavy atom. The van der Waals surface area contributed by atoms with E-state index in [1.807, 2.05) is 14.1 Å². The normalized spacial score (nSPS) is 13.1. The topological polar surface area (TPSA) is 29.3 Å². The Kier molecular flexibility index (Phi) is 5.88. The minimum absolute atomic E-state index is 0.252. The van der Waals surface area contributed by atoms with Crippen molar-refractivity contribution in [2.75, 3.05) is 32.1 Å². The highest BCUT2D eigenvalue weighted by atomic mass is 32.2. The van der Waals surface area contributed by atoms with Gasteiger partial charge >= 0.3 is 0 Å². The van der Waals surface area contributed by atoms with Crippen molar-refractivity contribution in [2.45, 2.75) is 6.04 Å². The number of hydrogen-bond acceptors (Lipinski definition) is 3. The predicted octanol–water partition coefficient (Wildman–Crippen LogP) is 2.26. The number of nitrogens with zero attached hydrogens (tertiary/aromatic N) is 1. The summed E-state index contributed by atoms with van der Waals surface area (Å²) >= 11 is 1.64. The van der Waals surface area contributed by atoms with Gasteiger partial charge in [0.2, 0.25) is 0 Å². The molecule has 0 aliphatic rings. The van der Waals surface area contributed by atoms with Crippen LogP contribution in [0, 0.1) is 11.6 Å². The summed E-state index contributed by atoms with van der Waals surface area (Å²) in [5.74, 6) is 0.633. The van der Waals surface area contributed by atoms with Crippen molar-refractivity contribution < 1.29 is 8.78 Å². The maximum Gasteiger partial charge on any atom is 0.128 e. The zero-order valence-electron chi connectivity index (χ0n) is 10.1. The molecule has 5 heteroatoms. The Labute approximate surface area is 105 Å². The Bertz CT molecular complexity index is 358. The summed E-state index contributed by atoms with van der Waals surface area (Å²) in [6.45, 7) is 0.947. The predicted molar refractivity (Wildman–Crippen MR) is 69.2 cm³/mol. The fourth-order valence-corrected chi connectivity index (χ4v) is 2.44. The summed E-state index contributed by atoms with van der Waals surface area (Å²) in [6, 6.07) is 2.93. The molecular formula is C12H18F2N2S. The van der Waals surface area contributed by atoms with Gasteiger partial charge in [-0.15, -0.1) is 0 Å². The summed E-state index contributed by atoms with van der Waals surface area (Å²) in [5.41, 5.74) is 6.09. The maximum atomic E-state index is 13.4. The lowest BCUT2D eigenvalue weighted by Crippen LogP contribution is -2.18. The number of thioether (sulfide) groups is 1. The van der Waals surface area contributed by atoms with Crippen molar-refractivity contribution in [1.82, 2.24) is 4.90 Å². The minimum atomic E-state index is -0.460. The summed E-state index contributed by atoms with van der Waals surface area (Å²) < 4.78 is 26.4. The highest BCUT2D eigenvalue weighted by molar-refractivity contribution is 7.99. The molecule has 17 heavy (non-hydrogen) atoms. The second-order valence-electron chi connectivity index (χ2n) is 4.15. The Balaban J connectivity index is 2.46. The van der Waals surface area contributed by atoms with Crippen molar-refractivity contribution >= 4 is 11.8 Å². The molecule has 1 rings (SSSR count). The molecule has 0 aromatic heterocycles. The number of rotatable bonds is 6. The summed E-state index contributed by atoms with van der Waals surface area (Å²) in [6.07, 6.45) is 0. The standard InChI is InChI=1S/C12H18F2N2S/c1-16(2)5-6-17-8-12(15)10-7-9(13)3-4-11(10)14/h3-4,7,12H,5-6,8,15H2,1-2H3. The van der Waals surface area contributed by atoms with Crippen LogP contribution in [-0.2, 0) is 0 Å². The van der Waals surface area contributed by atoms with E-state index in [0.717, 1.165) is 24.4 Å². The first-order valence-electron chi connectivity index (χ1n) is 5.43. The zero-order chi connectivity index (χ0) is 12.8. The van der Waals surface area contributed by atoms with Gasteiger partial charge in [0.1, 0.15) is 11.6 Å². The average Bonchev–Trinajstić information content (AvgIpc) is 2.27. The molecule has 2 N–H and O–H groups in total. The summed E-state index contributed by atoms with van der Waals surface area (Å²) in [5, 5.41) is 0. The van der Waals surface area contributed by atoms with Gasteiger partial charge < -0.3 is 10.6 Å². The molecule has 0 saturated carbocycles. The fourth-order valence-electron chi connectivity index (χ4n) is 1.35. The van der Waals surface area contributed by atoms with Crippen LogP contribution in [0.25, 0.3) is 0 Å². The number of hydrogen-bond donors (Lipinski definition) is 1. The van der Waals surface area contributed by atoms with Crippen LogP contribution in [0.3, 0.4) is 0 Å². The molecule has 0 spiro atoms. The average molecular weight is 260 g/mol. The molecule has 0 saturated heterocycles. The van der Waals surface area contributed by atoms with Gasteiger partial charge in [0.15, 0.2) is 0 Å². The quantitative estimate of drug-likeness (QED) is 0.796. The Hall–Kier alpha value is -0.650. The zero-order valence-corrected chi connectivity index (χ0v) is 10.9. The number of halogens is 2. The largest absolute Gasteiger partial charge is 0.323 e. The third kappa shape index (κ3) is 5.02. The molecule has 0 bridgehead atoms. The van der Waals surface area contributed by atoms with Gasteiger partial charge in [-0.2, -0.15) is 11.8 Å². The number of nitrogens with two attached hydrogens (primary N) is 1. The summed E-state index contributed by atoms with van der Waals surface area (Å²) in [4.78, 5) is 2.07. The van der Waals surface area contributed by atoms with E-state index in [1.54, 1.807) is 11.8 Å². The van der Waals surface area contributed by atoms with Crippen LogP contribution in [0.1, 0.15) is 11.6 Å². The molecule has 2 nitrogen and oxygen atoms in total. The van der Waals surface area contributed by atoms with Crippen molar-refractivity contribution in [3.63, 3.8) is 0 Å². The van der Waals surface area contributed by atoms with Crippen LogP contribution in [-0.4, -0.2) is 37.0 Å². The second-order valence-corrected chi connectivity index (χ2v) is 5.30. The maximum absolute atomic E-state index is 13.4. The van der Waals surface area contributed by atoms with Crippen LogP contribution in [0.2, 0.25) is 0 Å². The molecule has 0 aliphatic carbocycles. The van der Waals surface area contributed by atoms with E-state index in [4.69, 9.17) is 5.73 Å². The van der Waals surface area contributed by atoms with Crippen molar-refractivity contribution in [3.8, 4) is 0 Å². The molecule has 0 heterocycles. The van der Waals surface area contributed by atoms with Crippen LogP contribution in [0.4, 0.5) is 8.78 Å². The van der Waals surface area contributed by atoms with Gasteiger partial charge in [-0.25, -0.2) is 8.78 Å². The molecule has 0 amide bonds. The first-order valence-corrected chi connectivity index (χ1v) is 6.59. The SMILES string of the molecule is CN(C)CCSCC(N)c1cc(F)ccc1F. The Morgan fingerprint density at radius 3 is 2.71 bits per heavy atom. The Morgan fingerprint density at radius 1 is 1.35 bits per heavy atom. The lowest BCUT2D eigenvalue weighted by molar-refractivity contribution is 0.437. The smallest absolute Gasteiger partial charge is 0.128 e. The van der Waals surface area contributed by atoms with E-state index in [1.165, 1.54) is 6.07 Å². The van der Waals surface area contributed by atoms with E-state index >= 15 is 0 Å². The first kappa shape index (κ1) is 14.4. The van der Waals surface area contributed by atoms with Gasteiger partial charge in [0.25, 0.3) is 0 Å². The summed E-state index contributed by atoms with van der Waals surface area (Å²) in [7, 11) is 3.99. The van der Waals surface area contributed by atoms with Gasteiger partial charge in [-0.3, -0.25) is 0 Å². The fraction of sp³-hybridized carbons (Fsp3) is 0.500. The molecule has 96 valence electrons. The molecular weight excluding hydrogens is 242 g/mol. The third-order valence-corrected chi connectivity index (χ3v) is 3.40. The van der Waals surface area contributed by atoms with Gasteiger partial charge in [-0.1, -0.05) is 0 Å². The van der Waals surface area contributed by atoms with E-state index < -0.39 is 17.7 Å². The molecule has 1 aromatic rings. The van der Waals surface area contributed by atoms with E-state index in [-0.39, 0.29) is 5.56 Å². The van der Waals surface area contributed by atoms with Crippen molar-refractivity contribution in [3.05, 3.63) is 35.4 Å². The molecule has 0 radical (unpaired) electrons. The molecule has 1 atom stereocenters. The van der Waals surface area contributed by atoms with Crippen LogP contribution in [0.15, 0.2) is 18.2 Å². The van der Waals surface area contributed by atoms with Gasteiger partial charge in [0, 0.05) is 29.7 Å². The van der Waals surface area contributed by atoms with Gasteiger partial charge in [0.05, 0.1) is 0 Å². The first-order chi connectivity index (χ1) is 8.00. The monoisotopic (exact) mass is 260 g/mol. The minimum Gasteiger partial charge on any atom is -0.323 e. The molecule has 1 aromatic carbocycles. The van der Waals surface area contributed by atoms with Crippen molar-refractivity contribution in [2.24, 2.45) is 5.73 Å². The second kappa shape index (κ2) is 6.93. The van der Waals surface area contributed by atoms with Crippen molar-refractivity contribution in [1.29, 1.82) is 0 Å². The lowest BCUT2D eigenvalue weighted by atomic mass is 10.1. The van der Waals surface area contributed by atoms with E-state index in [9.17, 15) is 8.78 Å². The molecule has 0 aliphatic heterocycles. The van der Waals surface area contributed by atoms with Gasteiger partial charge in [-0.05, 0) is 32.3 Å².